The molecule has 3 aromatic rings. The molecule has 168 valence electrons. The van der Waals surface area contributed by atoms with Crippen LogP contribution in [0.15, 0.2) is 54.7 Å². The lowest BCUT2D eigenvalue weighted by Gasteiger charge is -2.32. The van der Waals surface area contributed by atoms with Crippen molar-refractivity contribution in [2.75, 3.05) is 32.7 Å². The number of aromatic amines is 1. The molecule has 5 nitrogen and oxygen atoms in total. The van der Waals surface area contributed by atoms with Crippen LogP contribution in [0.1, 0.15) is 48.3 Å². The highest BCUT2D eigenvalue weighted by molar-refractivity contribution is 5.83. The number of rotatable bonds is 6. The molecule has 5 rings (SSSR count). The zero-order valence-corrected chi connectivity index (χ0v) is 18.9. The third kappa shape index (κ3) is 4.83. The van der Waals surface area contributed by atoms with Gasteiger partial charge in [0.1, 0.15) is 0 Å². The number of para-hydroxylation sites is 1. The van der Waals surface area contributed by atoms with Crippen molar-refractivity contribution in [1.29, 1.82) is 0 Å². The summed E-state index contributed by atoms with van der Waals surface area (Å²) in [6, 6.07) is 17.5. The van der Waals surface area contributed by atoms with Gasteiger partial charge in [0.15, 0.2) is 0 Å². The van der Waals surface area contributed by atoms with Crippen LogP contribution in [-0.4, -0.2) is 53.5 Å². The van der Waals surface area contributed by atoms with Gasteiger partial charge < -0.3 is 15.2 Å². The van der Waals surface area contributed by atoms with E-state index < -0.39 is 0 Å². The lowest BCUT2D eigenvalue weighted by atomic mass is 9.89. The fourth-order valence-electron chi connectivity index (χ4n) is 5.26. The Balaban J connectivity index is 1.06. The van der Waals surface area contributed by atoms with Crippen LogP contribution in [0.2, 0.25) is 0 Å². The van der Waals surface area contributed by atoms with Gasteiger partial charge >= 0.3 is 6.03 Å². The second-order valence-corrected chi connectivity index (χ2v) is 9.33. The summed E-state index contributed by atoms with van der Waals surface area (Å²) in [6.07, 6.45) is 7.74. The van der Waals surface area contributed by atoms with Gasteiger partial charge in [-0.2, -0.15) is 0 Å². The number of piperidine rings is 1. The second-order valence-electron chi connectivity index (χ2n) is 9.33. The van der Waals surface area contributed by atoms with Crippen molar-refractivity contribution in [3.05, 3.63) is 71.4 Å². The first-order chi connectivity index (χ1) is 15.8. The molecule has 0 saturated carbocycles. The van der Waals surface area contributed by atoms with Crippen LogP contribution >= 0.6 is 0 Å². The fourth-order valence-corrected chi connectivity index (χ4v) is 5.26. The van der Waals surface area contributed by atoms with Crippen molar-refractivity contribution in [2.24, 2.45) is 0 Å². The van der Waals surface area contributed by atoms with Crippen molar-refractivity contribution < 1.29 is 4.79 Å². The summed E-state index contributed by atoms with van der Waals surface area (Å²) in [4.78, 5) is 20.5. The summed E-state index contributed by atoms with van der Waals surface area (Å²) in [5.74, 6) is 0.522. The molecule has 0 atom stereocenters. The monoisotopic (exact) mass is 430 g/mol. The first-order valence-electron chi connectivity index (χ1n) is 12.2. The van der Waals surface area contributed by atoms with Crippen molar-refractivity contribution in [2.45, 2.75) is 44.6 Å². The molecule has 1 aromatic heterocycles. The first kappa shape index (κ1) is 21.1. The molecule has 0 radical (unpaired) electrons. The summed E-state index contributed by atoms with van der Waals surface area (Å²) in [5.41, 5.74) is 5.27. The molecule has 2 aromatic carbocycles. The fraction of sp³-hybridized carbons (Fsp3) is 0.444. The predicted octanol–water partition coefficient (Wildman–Crippen LogP) is 4.90. The average molecular weight is 431 g/mol. The van der Waals surface area contributed by atoms with Crippen LogP contribution in [0, 0.1) is 0 Å². The standard InChI is InChI=1S/C27H34N4O/c32-27(28-14-11-21-7-9-22(10-8-21)20-30-15-3-4-16-30)31-17-12-23(13-18-31)25-19-29-26-6-2-1-5-24(25)26/h1-2,5-10,19,23,29H,3-4,11-18,20H2,(H,28,32). The Hall–Kier alpha value is -2.79. The van der Waals surface area contributed by atoms with Gasteiger partial charge in [-0.25, -0.2) is 4.79 Å². The number of nitrogens with one attached hydrogen (secondary N) is 2. The number of aromatic nitrogens is 1. The lowest BCUT2D eigenvalue weighted by Crippen LogP contribution is -2.44. The molecule has 2 aliphatic heterocycles. The number of amides is 2. The minimum Gasteiger partial charge on any atom is -0.361 e. The Labute approximate surface area is 190 Å². The molecule has 3 heterocycles. The van der Waals surface area contributed by atoms with Crippen LogP contribution in [0.5, 0.6) is 0 Å². The molecular weight excluding hydrogens is 396 g/mol. The molecule has 5 heteroatoms. The molecule has 2 amide bonds. The molecule has 0 aliphatic carbocycles. The largest absolute Gasteiger partial charge is 0.361 e. The smallest absolute Gasteiger partial charge is 0.317 e. The third-order valence-electron chi connectivity index (χ3n) is 7.16. The van der Waals surface area contributed by atoms with Crippen LogP contribution in [0.4, 0.5) is 4.79 Å². The van der Waals surface area contributed by atoms with E-state index >= 15 is 0 Å². The number of benzene rings is 2. The topological polar surface area (TPSA) is 51.4 Å². The van der Waals surface area contributed by atoms with Crippen LogP contribution in [0.25, 0.3) is 10.9 Å². The summed E-state index contributed by atoms with van der Waals surface area (Å²) in [7, 11) is 0. The van der Waals surface area contributed by atoms with Crippen molar-refractivity contribution in [1.82, 2.24) is 20.1 Å². The van der Waals surface area contributed by atoms with Gasteiger partial charge in [-0.3, -0.25) is 4.90 Å². The van der Waals surface area contributed by atoms with Crippen molar-refractivity contribution >= 4 is 16.9 Å². The molecule has 2 aliphatic rings. The Kier molecular flexibility index (Phi) is 6.44. The van der Waals surface area contributed by atoms with E-state index in [9.17, 15) is 4.79 Å². The number of nitrogens with zero attached hydrogens (tertiary/aromatic N) is 2. The maximum Gasteiger partial charge on any atom is 0.317 e. The number of hydrogen-bond donors (Lipinski definition) is 2. The van der Waals surface area contributed by atoms with E-state index in [-0.39, 0.29) is 6.03 Å². The minimum atomic E-state index is 0.0769. The van der Waals surface area contributed by atoms with E-state index in [1.165, 1.54) is 53.5 Å². The quantitative estimate of drug-likeness (QED) is 0.585. The van der Waals surface area contributed by atoms with Gasteiger partial charge in [-0.1, -0.05) is 42.5 Å². The highest BCUT2D eigenvalue weighted by Crippen LogP contribution is 2.33. The van der Waals surface area contributed by atoms with Gasteiger partial charge in [-0.15, -0.1) is 0 Å². The number of hydrogen-bond acceptors (Lipinski definition) is 2. The third-order valence-corrected chi connectivity index (χ3v) is 7.16. The number of carbonyl (C=O) groups excluding carboxylic acids is 1. The Morgan fingerprint density at radius 1 is 0.938 bits per heavy atom. The number of H-pyrrole nitrogens is 1. The van der Waals surface area contributed by atoms with E-state index in [1.54, 1.807) is 0 Å². The highest BCUT2D eigenvalue weighted by atomic mass is 16.2. The Morgan fingerprint density at radius 2 is 1.66 bits per heavy atom. The molecule has 32 heavy (non-hydrogen) atoms. The molecule has 2 fully saturated rings. The SMILES string of the molecule is O=C(NCCc1ccc(CN2CCCC2)cc1)N1CCC(c2c[nH]c3ccccc23)CC1. The normalized spacial score (nSPS) is 17.8. The first-order valence-corrected chi connectivity index (χ1v) is 12.2. The van der Waals surface area contributed by atoms with E-state index in [0.717, 1.165) is 38.9 Å². The van der Waals surface area contributed by atoms with Gasteiger partial charge in [0.25, 0.3) is 0 Å². The summed E-state index contributed by atoms with van der Waals surface area (Å²) in [6.45, 7) is 5.85. The van der Waals surface area contributed by atoms with Crippen molar-refractivity contribution in [3.8, 4) is 0 Å². The average Bonchev–Trinajstić information content (AvgIpc) is 3.50. The minimum absolute atomic E-state index is 0.0769. The maximum absolute atomic E-state index is 12.6. The maximum atomic E-state index is 12.6. The van der Waals surface area contributed by atoms with E-state index in [0.29, 0.717) is 12.5 Å². The van der Waals surface area contributed by atoms with Crippen LogP contribution < -0.4 is 5.32 Å². The van der Waals surface area contributed by atoms with Crippen molar-refractivity contribution in [3.63, 3.8) is 0 Å². The number of fused-ring (bicyclic) bond motifs is 1. The van der Waals surface area contributed by atoms with Crippen LogP contribution in [0.3, 0.4) is 0 Å². The Bertz CT molecular complexity index is 1030. The van der Waals surface area contributed by atoms with E-state index in [2.05, 4.69) is 69.9 Å². The number of urea groups is 1. The molecule has 2 N–H and O–H groups in total. The number of likely N-dealkylation sites (tertiary alicyclic amines) is 2. The van der Waals surface area contributed by atoms with Gasteiger partial charge in [0, 0.05) is 43.3 Å². The Morgan fingerprint density at radius 3 is 2.44 bits per heavy atom. The van der Waals surface area contributed by atoms with E-state index in [4.69, 9.17) is 0 Å². The van der Waals surface area contributed by atoms with E-state index in [1.807, 2.05) is 4.90 Å². The van der Waals surface area contributed by atoms with Gasteiger partial charge in [0.05, 0.1) is 0 Å². The molecule has 0 spiro atoms. The molecule has 0 bridgehead atoms. The highest BCUT2D eigenvalue weighted by Gasteiger charge is 2.25. The summed E-state index contributed by atoms with van der Waals surface area (Å²) >= 11 is 0. The molecule has 0 unspecified atom stereocenters. The summed E-state index contributed by atoms with van der Waals surface area (Å²) in [5, 5.41) is 4.45. The molecule has 2 saturated heterocycles. The summed E-state index contributed by atoms with van der Waals surface area (Å²) < 4.78 is 0. The predicted molar refractivity (Wildman–Crippen MR) is 130 cm³/mol. The lowest BCUT2D eigenvalue weighted by molar-refractivity contribution is 0.181. The number of carbonyl (C=O) groups is 1. The zero-order valence-electron chi connectivity index (χ0n) is 18.9. The van der Waals surface area contributed by atoms with Crippen LogP contribution in [-0.2, 0) is 13.0 Å². The van der Waals surface area contributed by atoms with Gasteiger partial charge in [-0.05, 0) is 73.9 Å². The second kappa shape index (κ2) is 9.78. The van der Waals surface area contributed by atoms with Gasteiger partial charge in [0.2, 0.25) is 0 Å². The molecular formula is C27H34N4O. The zero-order chi connectivity index (χ0) is 21.8.